The van der Waals surface area contributed by atoms with Crippen molar-refractivity contribution >= 4 is 26.8 Å². The Morgan fingerprint density at radius 2 is 2.00 bits per heavy atom. The number of fused-ring (bicyclic) bond motifs is 1. The number of rotatable bonds is 3. The summed E-state index contributed by atoms with van der Waals surface area (Å²) in [6.07, 6.45) is 7.36. The first kappa shape index (κ1) is 11.3. The maximum Gasteiger partial charge on any atom is 0.0682 e. The Morgan fingerprint density at radius 1 is 1.24 bits per heavy atom. The molecule has 1 aromatic carbocycles. The SMILES string of the molecule is BrCC1(Cn2ncc3ccccc32)CCCC1. The Bertz CT molecular complexity index is 512. The van der Waals surface area contributed by atoms with E-state index in [0.717, 1.165) is 11.9 Å². The van der Waals surface area contributed by atoms with Crippen molar-refractivity contribution in [3.63, 3.8) is 0 Å². The van der Waals surface area contributed by atoms with E-state index in [9.17, 15) is 0 Å². The van der Waals surface area contributed by atoms with Crippen molar-refractivity contribution in [2.45, 2.75) is 32.2 Å². The van der Waals surface area contributed by atoms with Crippen LogP contribution in [0.4, 0.5) is 0 Å². The van der Waals surface area contributed by atoms with Gasteiger partial charge in [0.25, 0.3) is 0 Å². The normalized spacial score (nSPS) is 18.9. The molecule has 90 valence electrons. The van der Waals surface area contributed by atoms with Crippen molar-refractivity contribution < 1.29 is 0 Å². The average molecular weight is 293 g/mol. The van der Waals surface area contributed by atoms with Gasteiger partial charge in [-0.2, -0.15) is 5.10 Å². The fourth-order valence-corrected chi connectivity index (χ4v) is 3.67. The van der Waals surface area contributed by atoms with Crippen molar-refractivity contribution in [3.8, 4) is 0 Å². The molecule has 2 aromatic rings. The van der Waals surface area contributed by atoms with Crippen molar-refractivity contribution in [2.75, 3.05) is 5.33 Å². The van der Waals surface area contributed by atoms with Crippen LogP contribution in [0.2, 0.25) is 0 Å². The van der Waals surface area contributed by atoms with E-state index < -0.39 is 0 Å². The number of aromatic nitrogens is 2. The molecular formula is C14H17BrN2. The Labute approximate surface area is 110 Å². The number of halogens is 1. The molecule has 1 aromatic heterocycles. The first-order valence-electron chi connectivity index (χ1n) is 6.30. The standard InChI is InChI=1S/C14H17BrN2/c15-10-14(7-3-4-8-14)11-17-13-6-2-1-5-12(13)9-16-17/h1-2,5-6,9H,3-4,7-8,10-11H2. The number of nitrogens with zero attached hydrogens (tertiary/aromatic N) is 2. The maximum absolute atomic E-state index is 4.55. The first-order chi connectivity index (χ1) is 8.33. The molecule has 17 heavy (non-hydrogen) atoms. The second-order valence-corrected chi connectivity index (χ2v) is 5.76. The molecule has 0 radical (unpaired) electrons. The third kappa shape index (κ3) is 2.01. The molecule has 0 saturated heterocycles. The number of benzene rings is 1. The lowest BCUT2D eigenvalue weighted by Gasteiger charge is -2.26. The van der Waals surface area contributed by atoms with Gasteiger partial charge in [-0.3, -0.25) is 4.68 Å². The van der Waals surface area contributed by atoms with Crippen LogP contribution in [0, 0.1) is 5.41 Å². The molecule has 0 bridgehead atoms. The number of hydrogen-bond acceptors (Lipinski definition) is 1. The summed E-state index contributed by atoms with van der Waals surface area (Å²) >= 11 is 3.70. The van der Waals surface area contributed by atoms with Crippen molar-refractivity contribution in [3.05, 3.63) is 30.5 Å². The van der Waals surface area contributed by atoms with Gasteiger partial charge in [-0.25, -0.2) is 0 Å². The Balaban J connectivity index is 1.94. The molecule has 0 spiro atoms. The predicted molar refractivity (Wildman–Crippen MR) is 74.4 cm³/mol. The lowest BCUT2D eigenvalue weighted by atomic mass is 9.89. The fourth-order valence-electron chi connectivity index (χ4n) is 2.93. The van der Waals surface area contributed by atoms with Gasteiger partial charge in [-0.05, 0) is 24.3 Å². The van der Waals surface area contributed by atoms with Crippen LogP contribution in [0.1, 0.15) is 25.7 Å². The van der Waals surface area contributed by atoms with Gasteiger partial charge in [0.1, 0.15) is 0 Å². The summed E-state index contributed by atoms with van der Waals surface area (Å²) in [5.41, 5.74) is 1.69. The van der Waals surface area contributed by atoms with Crippen molar-refractivity contribution in [1.82, 2.24) is 9.78 Å². The van der Waals surface area contributed by atoms with Gasteiger partial charge in [0, 0.05) is 17.3 Å². The van der Waals surface area contributed by atoms with E-state index in [-0.39, 0.29) is 0 Å². The Hall–Kier alpha value is -0.830. The van der Waals surface area contributed by atoms with Crippen molar-refractivity contribution in [1.29, 1.82) is 0 Å². The minimum atomic E-state index is 0.425. The smallest absolute Gasteiger partial charge is 0.0682 e. The second-order valence-electron chi connectivity index (χ2n) is 5.20. The van der Waals surface area contributed by atoms with E-state index in [1.165, 1.54) is 36.6 Å². The van der Waals surface area contributed by atoms with Gasteiger partial charge in [-0.1, -0.05) is 47.0 Å². The molecule has 0 N–H and O–H groups in total. The fraction of sp³-hybridized carbons (Fsp3) is 0.500. The van der Waals surface area contributed by atoms with E-state index in [1.54, 1.807) is 0 Å². The molecule has 1 fully saturated rings. The molecule has 1 aliphatic rings. The van der Waals surface area contributed by atoms with E-state index in [4.69, 9.17) is 0 Å². The highest BCUT2D eigenvalue weighted by molar-refractivity contribution is 9.09. The highest BCUT2D eigenvalue weighted by Gasteiger charge is 2.33. The lowest BCUT2D eigenvalue weighted by molar-refractivity contribution is 0.282. The molecule has 1 aliphatic carbocycles. The predicted octanol–water partition coefficient (Wildman–Crippen LogP) is 3.99. The zero-order valence-electron chi connectivity index (χ0n) is 9.90. The lowest BCUT2D eigenvalue weighted by Crippen LogP contribution is -2.25. The Kier molecular flexibility index (Phi) is 2.95. The average Bonchev–Trinajstić information content (AvgIpc) is 2.99. The molecular weight excluding hydrogens is 276 g/mol. The summed E-state index contributed by atoms with van der Waals surface area (Å²) in [5.74, 6) is 0. The Morgan fingerprint density at radius 3 is 2.76 bits per heavy atom. The largest absolute Gasteiger partial charge is 0.264 e. The zero-order valence-corrected chi connectivity index (χ0v) is 11.5. The summed E-state index contributed by atoms with van der Waals surface area (Å²) in [4.78, 5) is 0. The van der Waals surface area contributed by atoms with Crippen molar-refractivity contribution in [2.24, 2.45) is 5.41 Å². The number of alkyl halides is 1. The van der Waals surface area contributed by atoms with E-state index in [2.05, 4.69) is 50.0 Å². The zero-order chi connectivity index (χ0) is 11.7. The molecule has 0 atom stereocenters. The third-order valence-electron chi connectivity index (χ3n) is 3.98. The molecule has 2 nitrogen and oxygen atoms in total. The van der Waals surface area contributed by atoms with Crippen LogP contribution in [0.25, 0.3) is 10.9 Å². The number of para-hydroxylation sites is 1. The van der Waals surface area contributed by atoms with Crippen LogP contribution in [0.5, 0.6) is 0 Å². The van der Waals surface area contributed by atoms with Gasteiger partial charge >= 0.3 is 0 Å². The topological polar surface area (TPSA) is 17.8 Å². The molecule has 3 rings (SSSR count). The highest BCUT2D eigenvalue weighted by Crippen LogP contribution is 2.41. The van der Waals surface area contributed by atoms with E-state index >= 15 is 0 Å². The summed E-state index contributed by atoms with van der Waals surface area (Å²) in [6, 6.07) is 8.47. The van der Waals surface area contributed by atoms with Gasteiger partial charge < -0.3 is 0 Å². The van der Waals surface area contributed by atoms with Crippen LogP contribution in [0.15, 0.2) is 30.5 Å². The van der Waals surface area contributed by atoms with Gasteiger partial charge in [-0.15, -0.1) is 0 Å². The molecule has 0 unspecified atom stereocenters. The molecule has 0 aliphatic heterocycles. The molecule has 1 saturated carbocycles. The molecule has 0 amide bonds. The highest BCUT2D eigenvalue weighted by atomic mass is 79.9. The third-order valence-corrected chi connectivity index (χ3v) is 5.17. The first-order valence-corrected chi connectivity index (χ1v) is 7.42. The summed E-state index contributed by atoms with van der Waals surface area (Å²) in [6.45, 7) is 1.05. The van der Waals surface area contributed by atoms with Gasteiger partial charge in [0.05, 0.1) is 11.7 Å². The summed E-state index contributed by atoms with van der Waals surface area (Å²) < 4.78 is 2.18. The van der Waals surface area contributed by atoms with Crippen LogP contribution >= 0.6 is 15.9 Å². The van der Waals surface area contributed by atoms with Gasteiger partial charge in [0.15, 0.2) is 0 Å². The summed E-state index contributed by atoms with van der Waals surface area (Å²) in [7, 11) is 0. The van der Waals surface area contributed by atoms with E-state index in [1.807, 2.05) is 6.20 Å². The minimum Gasteiger partial charge on any atom is -0.264 e. The monoisotopic (exact) mass is 292 g/mol. The number of hydrogen-bond donors (Lipinski definition) is 0. The maximum atomic E-state index is 4.55. The minimum absolute atomic E-state index is 0.425. The quantitative estimate of drug-likeness (QED) is 0.782. The van der Waals surface area contributed by atoms with Crippen LogP contribution in [-0.4, -0.2) is 15.1 Å². The van der Waals surface area contributed by atoms with E-state index in [0.29, 0.717) is 5.41 Å². The van der Waals surface area contributed by atoms with Crippen LogP contribution in [-0.2, 0) is 6.54 Å². The van der Waals surface area contributed by atoms with Gasteiger partial charge in [0.2, 0.25) is 0 Å². The van der Waals surface area contributed by atoms with Crippen LogP contribution in [0.3, 0.4) is 0 Å². The summed E-state index contributed by atoms with van der Waals surface area (Å²) in [5, 5.41) is 6.88. The second kappa shape index (κ2) is 4.45. The molecule has 3 heteroatoms. The molecule has 1 heterocycles. The van der Waals surface area contributed by atoms with Crippen LogP contribution < -0.4 is 0 Å².